The molecule has 0 fully saturated rings. The van der Waals surface area contributed by atoms with Gasteiger partial charge in [0.15, 0.2) is 5.82 Å². The molecule has 0 N–H and O–H groups in total. The number of halogens is 1. The maximum absolute atomic E-state index is 14.4. The number of ether oxygens (including phenoxy) is 1. The predicted molar refractivity (Wildman–Crippen MR) is 149 cm³/mol. The second-order valence-electron chi connectivity index (χ2n) is 9.80. The van der Waals surface area contributed by atoms with Crippen molar-refractivity contribution in [3.05, 3.63) is 77.8 Å². The van der Waals surface area contributed by atoms with E-state index < -0.39 is 0 Å². The van der Waals surface area contributed by atoms with Gasteiger partial charge >= 0.3 is 0 Å². The predicted octanol–water partition coefficient (Wildman–Crippen LogP) is 5.78. The molecule has 6 rings (SSSR count). The van der Waals surface area contributed by atoms with Gasteiger partial charge in [0.1, 0.15) is 23.0 Å². The number of benzene rings is 1. The number of carbonyl (C=O) groups excluding carboxylic acids is 1. The first kappa shape index (κ1) is 25.0. The molecule has 0 bridgehead atoms. The zero-order chi connectivity index (χ0) is 27.3. The largest absolute Gasteiger partial charge is 0.490 e. The Morgan fingerprint density at radius 1 is 1.23 bits per heavy atom. The molecule has 1 aromatic carbocycles. The van der Waals surface area contributed by atoms with Crippen molar-refractivity contribution in [1.29, 1.82) is 0 Å². The van der Waals surface area contributed by atoms with Crippen LogP contribution in [0.3, 0.4) is 0 Å². The number of fused-ring (bicyclic) bond motifs is 2. The van der Waals surface area contributed by atoms with Gasteiger partial charge in [-0.2, -0.15) is 10.2 Å². The molecule has 0 unspecified atom stereocenters. The lowest BCUT2D eigenvalue weighted by atomic mass is 9.99. The van der Waals surface area contributed by atoms with Gasteiger partial charge < -0.3 is 9.64 Å². The first-order valence-electron chi connectivity index (χ1n) is 12.7. The molecule has 10 heteroatoms. The number of hydrogen-bond acceptors (Lipinski definition) is 6. The number of rotatable bonds is 6. The van der Waals surface area contributed by atoms with Gasteiger partial charge in [-0.3, -0.25) is 9.48 Å². The van der Waals surface area contributed by atoms with Crippen LogP contribution < -0.4 is 4.74 Å². The van der Waals surface area contributed by atoms with E-state index in [1.165, 1.54) is 18.2 Å². The Morgan fingerprint density at radius 3 is 2.82 bits per heavy atom. The van der Waals surface area contributed by atoms with Gasteiger partial charge in [0.2, 0.25) is 5.91 Å². The van der Waals surface area contributed by atoms with E-state index >= 15 is 0 Å². The van der Waals surface area contributed by atoms with Crippen LogP contribution in [0.1, 0.15) is 25.1 Å². The van der Waals surface area contributed by atoms with Gasteiger partial charge in [-0.15, -0.1) is 11.3 Å². The van der Waals surface area contributed by atoms with Crippen LogP contribution in [0.4, 0.5) is 4.39 Å². The second kappa shape index (κ2) is 9.77. The summed E-state index contributed by atoms with van der Waals surface area (Å²) in [7, 11) is 0. The summed E-state index contributed by atoms with van der Waals surface area (Å²) >= 11 is 1.58. The first-order valence-corrected chi connectivity index (χ1v) is 13.6. The molecular weight excluding hydrogens is 515 g/mol. The zero-order valence-corrected chi connectivity index (χ0v) is 22.7. The number of aromatic nitrogens is 5. The quantitative estimate of drug-likeness (QED) is 0.254. The summed E-state index contributed by atoms with van der Waals surface area (Å²) in [5.74, 6) is 0.637. The summed E-state index contributed by atoms with van der Waals surface area (Å²) in [6, 6.07) is 8.59. The van der Waals surface area contributed by atoms with E-state index in [0.717, 1.165) is 32.5 Å². The van der Waals surface area contributed by atoms with Crippen molar-refractivity contribution < 1.29 is 13.9 Å². The topological polar surface area (TPSA) is 78.1 Å². The Balaban J connectivity index is 1.61. The minimum atomic E-state index is -0.376. The molecule has 1 aliphatic rings. The van der Waals surface area contributed by atoms with Crippen LogP contribution in [0.2, 0.25) is 0 Å². The smallest absolute Gasteiger partial charge is 0.246 e. The summed E-state index contributed by atoms with van der Waals surface area (Å²) in [6.45, 7) is 11.0. The molecule has 0 radical (unpaired) electrons. The Bertz CT molecular complexity index is 1730. The fourth-order valence-electron chi connectivity index (χ4n) is 4.90. The molecule has 0 atom stereocenters. The maximum atomic E-state index is 14.4. The molecule has 198 valence electrons. The summed E-state index contributed by atoms with van der Waals surface area (Å²) < 4.78 is 25.2. The van der Waals surface area contributed by atoms with Crippen molar-refractivity contribution >= 4 is 27.3 Å². The van der Waals surface area contributed by atoms with E-state index in [-0.39, 0.29) is 17.8 Å². The number of amides is 1. The van der Waals surface area contributed by atoms with Gasteiger partial charge in [-0.1, -0.05) is 6.58 Å². The van der Waals surface area contributed by atoms with Gasteiger partial charge in [-0.05, 0) is 62.1 Å². The highest BCUT2D eigenvalue weighted by Crippen LogP contribution is 2.45. The molecule has 5 aromatic rings. The fraction of sp³-hybridized carbons (Fsp3) is 0.241. The molecule has 1 aliphatic heterocycles. The van der Waals surface area contributed by atoms with Crippen LogP contribution in [-0.4, -0.2) is 48.0 Å². The van der Waals surface area contributed by atoms with Crippen molar-refractivity contribution in [1.82, 2.24) is 29.4 Å². The van der Waals surface area contributed by atoms with Crippen LogP contribution in [0, 0.1) is 12.7 Å². The lowest BCUT2D eigenvalue weighted by Crippen LogP contribution is -2.37. The van der Waals surface area contributed by atoms with Gasteiger partial charge in [0.05, 0.1) is 31.1 Å². The van der Waals surface area contributed by atoms with E-state index in [1.807, 2.05) is 49.2 Å². The lowest BCUT2D eigenvalue weighted by molar-refractivity contribution is -0.127. The zero-order valence-electron chi connectivity index (χ0n) is 21.9. The van der Waals surface area contributed by atoms with E-state index in [0.29, 0.717) is 42.6 Å². The highest BCUT2D eigenvalue weighted by atomic mass is 32.1. The van der Waals surface area contributed by atoms with Crippen molar-refractivity contribution in [2.75, 3.05) is 6.54 Å². The Hall–Kier alpha value is -4.31. The molecular formula is C29H27FN6O2S. The first-order chi connectivity index (χ1) is 18.8. The summed E-state index contributed by atoms with van der Waals surface area (Å²) in [4.78, 5) is 19.2. The molecule has 8 nitrogen and oxygen atoms in total. The number of aryl methyl sites for hydroxylation is 1. The highest BCUT2D eigenvalue weighted by molar-refractivity contribution is 7.18. The van der Waals surface area contributed by atoms with Crippen molar-refractivity contribution in [2.45, 2.75) is 40.0 Å². The number of thiophene rings is 1. The van der Waals surface area contributed by atoms with E-state index in [2.05, 4.69) is 11.7 Å². The van der Waals surface area contributed by atoms with Crippen molar-refractivity contribution in [3.8, 4) is 34.1 Å². The van der Waals surface area contributed by atoms with Crippen LogP contribution >= 0.6 is 11.3 Å². The summed E-state index contributed by atoms with van der Waals surface area (Å²) in [5, 5.41) is 12.4. The van der Waals surface area contributed by atoms with Crippen molar-refractivity contribution in [2.24, 2.45) is 0 Å². The minimum Gasteiger partial charge on any atom is -0.490 e. The molecule has 39 heavy (non-hydrogen) atoms. The van der Waals surface area contributed by atoms with Crippen molar-refractivity contribution in [3.63, 3.8) is 0 Å². The lowest BCUT2D eigenvalue weighted by Gasteiger charge is -2.26. The monoisotopic (exact) mass is 542 g/mol. The van der Waals surface area contributed by atoms with Gasteiger partial charge in [0, 0.05) is 40.0 Å². The molecule has 0 saturated heterocycles. The number of hydrogen-bond donors (Lipinski definition) is 0. The van der Waals surface area contributed by atoms with E-state index in [1.54, 1.807) is 33.2 Å². The van der Waals surface area contributed by atoms with Crippen LogP contribution in [-0.2, 0) is 17.9 Å². The highest BCUT2D eigenvalue weighted by Gasteiger charge is 2.27. The number of carbonyl (C=O) groups is 1. The van der Waals surface area contributed by atoms with Gasteiger partial charge in [0.25, 0.3) is 0 Å². The third kappa shape index (κ3) is 4.50. The third-order valence-electron chi connectivity index (χ3n) is 6.62. The molecule has 0 aliphatic carbocycles. The Morgan fingerprint density at radius 2 is 2.08 bits per heavy atom. The van der Waals surface area contributed by atoms with Gasteiger partial charge in [-0.25, -0.2) is 14.1 Å². The molecule has 4 aromatic heterocycles. The molecule has 0 spiro atoms. The minimum absolute atomic E-state index is 0.110. The number of nitrogens with zero attached hydrogens (tertiary/aromatic N) is 6. The molecule has 1 amide bonds. The number of pyridine rings is 1. The van der Waals surface area contributed by atoms with E-state index in [4.69, 9.17) is 14.8 Å². The normalized spacial score (nSPS) is 13.2. The summed E-state index contributed by atoms with van der Waals surface area (Å²) in [5.41, 5.74) is 4.77. The average Bonchev–Trinajstić information content (AvgIpc) is 3.66. The average molecular weight is 543 g/mol. The molecule has 5 heterocycles. The van der Waals surface area contributed by atoms with Crippen LogP contribution in [0.25, 0.3) is 38.4 Å². The van der Waals surface area contributed by atoms with Crippen LogP contribution in [0.5, 0.6) is 5.75 Å². The summed E-state index contributed by atoms with van der Waals surface area (Å²) in [6.07, 6.45) is 4.91. The fourth-order valence-corrected chi connectivity index (χ4v) is 5.85. The standard InChI is InChI=1S/C29H27FN6O2S/c1-5-25(37)34-9-10-35-20(16-34)13-23(33-35)27-26(21-7-6-19(30)12-24(21)38-17(2)3)28-22(8-11-39-28)29(32-27)36-15-18(4)14-31-36/h5-8,11-15,17H,1,9-10,16H2,2-4H3. The van der Waals surface area contributed by atoms with Crippen LogP contribution in [0.15, 0.2) is 60.8 Å². The Labute approximate surface area is 229 Å². The third-order valence-corrected chi connectivity index (χ3v) is 7.55. The maximum Gasteiger partial charge on any atom is 0.246 e. The second-order valence-corrected chi connectivity index (χ2v) is 10.7. The SMILES string of the molecule is C=CC(=O)N1CCn2nc(-c3nc(-n4cc(C)cn4)c4ccsc4c3-c3ccc(F)cc3OC(C)C)cc2C1. The van der Waals surface area contributed by atoms with E-state index in [9.17, 15) is 9.18 Å². The molecule has 0 saturated carbocycles. The Kier molecular flexibility index (Phi) is 6.26.